The van der Waals surface area contributed by atoms with Gasteiger partial charge in [0.2, 0.25) is 11.8 Å². The van der Waals surface area contributed by atoms with E-state index in [4.69, 9.17) is 0 Å². The molecule has 1 aromatic heterocycles. The molecule has 0 atom stereocenters. The summed E-state index contributed by atoms with van der Waals surface area (Å²) in [6.45, 7) is 2.01. The third-order valence-corrected chi connectivity index (χ3v) is 6.14. The van der Waals surface area contributed by atoms with E-state index in [1.807, 2.05) is 54.0 Å². The van der Waals surface area contributed by atoms with Gasteiger partial charge in [-0.3, -0.25) is 14.2 Å². The SMILES string of the molecule is Cc1ccc(NC(=O)CSCC(=O)n2c3c(c4ccccc42)CCCC3)cc1. The smallest absolute Gasteiger partial charge is 0.241 e. The summed E-state index contributed by atoms with van der Waals surface area (Å²) in [5.74, 6) is 0.543. The third kappa shape index (κ3) is 3.85. The molecule has 0 fully saturated rings. The Morgan fingerprint density at radius 2 is 1.75 bits per heavy atom. The molecule has 5 heteroatoms. The maximum Gasteiger partial charge on any atom is 0.241 e. The first kappa shape index (κ1) is 18.8. The highest BCUT2D eigenvalue weighted by molar-refractivity contribution is 8.00. The van der Waals surface area contributed by atoms with Crippen molar-refractivity contribution >= 4 is 40.2 Å². The van der Waals surface area contributed by atoms with Crippen LogP contribution in [0.25, 0.3) is 10.9 Å². The van der Waals surface area contributed by atoms with Gasteiger partial charge < -0.3 is 5.32 Å². The summed E-state index contributed by atoms with van der Waals surface area (Å²) in [4.78, 5) is 25.1. The molecule has 1 amide bonds. The third-order valence-electron chi connectivity index (χ3n) is 5.22. The Bertz CT molecular complexity index is 1020. The Morgan fingerprint density at radius 1 is 1.00 bits per heavy atom. The molecule has 1 heterocycles. The van der Waals surface area contributed by atoms with Crippen LogP contribution >= 0.6 is 11.8 Å². The highest BCUT2D eigenvalue weighted by Crippen LogP contribution is 2.32. The van der Waals surface area contributed by atoms with Crippen LogP contribution in [-0.4, -0.2) is 27.9 Å². The molecule has 0 radical (unpaired) electrons. The van der Waals surface area contributed by atoms with E-state index >= 15 is 0 Å². The lowest BCUT2D eigenvalue weighted by molar-refractivity contribution is -0.113. The molecule has 1 aliphatic carbocycles. The fourth-order valence-corrected chi connectivity index (χ4v) is 4.57. The van der Waals surface area contributed by atoms with Crippen LogP contribution in [0.15, 0.2) is 48.5 Å². The van der Waals surface area contributed by atoms with Gasteiger partial charge >= 0.3 is 0 Å². The monoisotopic (exact) mass is 392 g/mol. The number of aryl methyl sites for hydroxylation is 2. The number of thioether (sulfide) groups is 1. The predicted molar refractivity (Wildman–Crippen MR) is 116 cm³/mol. The van der Waals surface area contributed by atoms with Crippen LogP contribution < -0.4 is 5.32 Å². The average molecular weight is 393 g/mol. The molecule has 0 spiro atoms. The van der Waals surface area contributed by atoms with Gasteiger partial charge in [0.15, 0.2) is 0 Å². The number of anilines is 1. The summed E-state index contributed by atoms with van der Waals surface area (Å²) in [6, 6.07) is 15.9. The molecular weight excluding hydrogens is 368 g/mol. The quantitative estimate of drug-likeness (QED) is 0.676. The van der Waals surface area contributed by atoms with E-state index in [9.17, 15) is 9.59 Å². The zero-order chi connectivity index (χ0) is 19.5. The van der Waals surface area contributed by atoms with Crippen LogP contribution in [0.3, 0.4) is 0 Å². The Morgan fingerprint density at radius 3 is 2.57 bits per heavy atom. The van der Waals surface area contributed by atoms with E-state index in [2.05, 4.69) is 11.4 Å². The molecule has 28 heavy (non-hydrogen) atoms. The average Bonchev–Trinajstić information content (AvgIpc) is 3.04. The number of rotatable bonds is 5. The topological polar surface area (TPSA) is 51.1 Å². The van der Waals surface area contributed by atoms with Gasteiger partial charge in [-0.25, -0.2) is 0 Å². The van der Waals surface area contributed by atoms with Crippen molar-refractivity contribution in [2.75, 3.05) is 16.8 Å². The van der Waals surface area contributed by atoms with Crippen molar-refractivity contribution in [3.63, 3.8) is 0 Å². The normalized spacial score (nSPS) is 13.3. The second kappa shape index (κ2) is 8.23. The molecular formula is C23H24N2O2S. The zero-order valence-electron chi connectivity index (χ0n) is 16.0. The first-order valence-electron chi connectivity index (χ1n) is 9.72. The fraction of sp³-hybridized carbons (Fsp3) is 0.304. The minimum Gasteiger partial charge on any atom is -0.325 e. The maximum atomic E-state index is 13.0. The van der Waals surface area contributed by atoms with Crippen LogP contribution in [0.1, 0.15) is 34.5 Å². The lowest BCUT2D eigenvalue weighted by Gasteiger charge is -2.15. The lowest BCUT2D eigenvalue weighted by Crippen LogP contribution is -2.20. The van der Waals surface area contributed by atoms with Crippen molar-refractivity contribution in [3.8, 4) is 0 Å². The number of aromatic nitrogens is 1. The number of nitrogens with zero attached hydrogens (tertiary/aromatic N) is 1. The minimum absolute atomic E-state index is 0.0625. The molecule has 0 aliphatic heterocycles. The van der Waals surface area contributed by atoms with Crippen molar-refractivity contribution in [2.24, 2.45) is 0 Å². The lowest BCUT2D eigenvalue weighted by atomic mass is 9.96. The molecule has 144 valence electrons. The van der Waals surface area contributed by atoms with E-state index in [0.29, 0.717) is 5.75 Å². The number of nitrogens with one attached hydrogen (secondary N) is 1. The summed E-state index contributed by atoms with van der Waals surface area (Å²) >= 11 is 1.37. The van der Waals surface area contributed by atoms with E-state index in [0.717, 1.165) is 36.0 Å². The molecule has 0 saturated heterocycles. The fourth-order valence-electron chi connectivity index (χ4n) is 3.91. The number of hydrogen-bond acceptors (Lipinski definition) is 3. The zero-order valence-corrected chi connectivity index (χ0v) is 16.8. The molecule has 0 saturated carbocycles. The molecule has 0 bridgehead atoms. The van der Waals surface area contributed by atoms with Gasteiger partial charge in [-0.05, 0) is 56.4 Å². The summed E-state index contributed by atoms with van der Waals surface area (Å²) < 4.78 is 1.90. The number of hydrogen-bond donors (Lipinski definition) is 1. The number of para-hydroxylation sites is 1. The Hall–Kier alpha value is -2.53. The summed E-state index contributed by atoms with van der Waals surface area (Å²) in [7, 11) is 0. The molecule has 4 rings (SSSR count). The second-order valence-electron chi connectivity index (χ2n) is 7.29. The molecule has 2 aromatic carbocycles. The van der Waals surface area contributed by atoms with Gasteiger partial charge in [0.1, 0.15) is 0 Å². The standard InChI is InChI=1S/C23H24N2O2S/c1-16-10-12-17(13-11-16)24-22(26)14-28-15-23(27)25-20-8-4-2-6-18(20)19-7-3-5-9-21(19)25/h2,4,6,8,10-13H,3,5,7,9,14-15H2,1H3,(H,24,26). The van der Waals surface area contributed by atoms with Gasteiger partial charge in [0.25, 0.3) is 0 Å². The molecule has 4 nitrogen and oxygen atoms in total. The van der Waals surface area contributed by atoms with Crippen molar-refractivity contribution in [3.05, 3.63) is 65.4 Å². The minimum atomic E-state index is -0.0824. The largest absolute Gasteiger partial charge is 0.325 e. The van der Waals surface area contributed by atoms with Crippen LogP contribution in [0, 0.1) is 6.92 Å². The number of fused-ring (bicyclic) bond motifs is 3. The first-order valence-corrected chi connectivity index (χ1v) is 10.9. The second-order valence-corrected chi connectivity index (χ2v) is 8.27. The number of carbonyl (C=O) groups is 2. The summed E-state index contributed by atoms with van der Waals surface area (Å²) in [5, 5.41) is 4.08. The number of benzene rings is 2. The highest BCUT2D eigenvalue weighted by atomic mass is 32.2. The molecule has 1 N–H and O–H groups in total. The van der Waals surface area contributed by atoms with Gasteiger partial charge in [-0.2, -0.15) is 0 Å². The van der Waals surface area contributed by atoms with Crippen molar-refractivity contribution < 1.29 is 9.59 Å². The molecule has 1 aliphatic rings. The van der Waals surface area contributed by atoms with Crippen LogP contribution in [-0.2, 0) is 17.6 Å². The first-order chi connectivity index (χ1) is 13.6. The summed E-state index contributed by atoms with van der Waals surface area (Å²) in [6.07, 6.45) is 4.31. The van der Waals surface area contributed by atoms with Gasteiger partial charge in [-0.1, -0.05) is 35.9 Å². The molecule has 0 unspecified atom stereocenters. The van der Waals surface area contributed by atoms with Gasteiger partial charge in [0.05, 0.1) is 17.0 Å². The van der Waals surface area contributed by atoms with E-state index < -0.39 is 0 Å². The highest BCUT2D eigenvalue weighted by Gasteiger charge is 2.23. The van der Waals surface area contributed by atoms with Crippen molar-refractivity contribution in [2.45, 2.75) is 32.6 Å². The van der Waals surface area contributed by atoms with Crippen molar-refractivity contribution in [1.29, 1.82) is 0 Å². The Balaban J connectivity index is 1.42. The summed E-state index contributed by atoms with van der Waals surface area (Å²) in [5.41, 5.74) is 5.44. The van der Waals surface area contributed by atoms with Crippen LogP contribution in [0.5, 0.6) is 0 Å². The van der Waals surface area contributed by atoms with Gasteiger partial charge in [-0.15, -0.1) is 11.8 Å². The Labute approximate surface area is 169 Å². The predicted octanol–water partition coefficient (Wildman–Crippen LogP) is 4.84. The maximum absolute atomic E-state index is 13.0. The number of carbonyl (C=O) groups excluding carboxylic acids is 2. The molecule has 3 aromatic rings. The van der Waals surface area contributed by atoms with Gasteiger partial charge in [0, 0.05) is 16.8 Å². The van der Waals surface area contributed by atoms with Crippen LogP contribution in [0.2, 0.25) is 0 Å². The Kier molecular flexibility index (Phi) is 5.53. The number of amides is 1. The van der Waals surface area contributed by atoms with E-state index in [-0.39, 0.29) is 17.6 Å². The van der Waals surface area contributed by atoms with E-state index in [1.54, 1.807) is 0 Å². The van der Waals surface area contributed by atoms with Crippen LogP contribution in [0.4, 0.5) is 5.69 Å². The van der Waals surface area contributed by atoms with Crippen molar-refractivity contribution in [1.82, 2.24) is 4.57 Å². The van der Waals surface area contributed by atoms with E-state index in [1.165, 1.54) is 34.8 Å².